The van der Waals surface area contributed by atoms with E-state index < -0.39 is 5.97 Å². The number of nitrogens with zero attached hydrogens (tertiary/aromatic N) is 1. The molecule has 0 heterocycles. The summed E-state index contributed by atoms with van der Waals surface area (Å²) in [6, 6.07) is 5.48. The molecule has 1 aromatic rings. The number of methoxy groups -OCH3 is 2. The molecule has 4 nitrogen and oxygen atoms in total. The fourth-order valence-electron chi connectivity index (χ4n) is 1.52. The largest absolute Gasteiger partial charge is 0.496 e. The molecule has 0 radical (unpaired) electrons. The van der Waals surface area contributed by atoms with Crippen molar-refractivity contribution in [2.24, 2.45) is 0 Å². The van der Waals surface area contributed by atoms with E-state index in [1.54, 1.807) is 12.1 Å². The smallest absolute Gasteiger partial charge is 0.343 e. The van der Waals surface area contributed by atoms with E-state index in [2.05, 4.69) is 4.74 Å². The van der Waals surface area contributed by atoms with E-state index in [0.29, 0.717) is 17.7 Å². The average Bonchev–Trinajstić information content (AvgIpc) is 2.35. The highest BCUT2D eigenvalue weighted by Gasteiger charge is 2.20. The molecular formula is C12H13NO3. The number of ether oxygens (including phenoxy) is 2. The zero-order valence-corrected chi connectivity index (χ0v) is 9.53. The van der Waals surface area contributed by atoms with Crippen LogP contribution in [0.3, 0.4) is 0 Å². The molecule has 4 heteroatoms. The topological polar surface area (TPSA) is 59.3 Å². The van der Waals surface area contributed by atoms with Crippen LogP contribution in [0, 0.1) is 11.3 Å². The van der Waals surface area contributed by atoms with Crippen LogP contribution in [0.2, 0.25) is 0 Å². The Hall–Kier alpha value is -2.02. The van der Waals surface area contributed by atoms with Gasteiger partial charge in [-0.15, -0.1) is 0 Å². The molecule has 0 spiro atoms. The van der Waals surface area contributed by atoms with Crippen molar-refractivity contribution in [2.75, 3.05) is 14.2 Å². The van der Waals surface area contributed by atoms with Crippen LogP contribution < -0.4 is 4.74 Å². The first kappa shape index (κ1) is 12.1. The van der Waals surface area contributed by atoms with Gasteiger partial charge in [0.1, 0.15) is 17.4 Å². The Morgan fingerprint density at radius 3 is 2.56 bits per heavy atom. The normalized spacial score (nSPS) is 9.38. The molecule has 1 aromatic carbocycles. The van der Waals surface area contributed by atoms with Gasteiger partial charge in [-0.3, -0.25) is 0 Å². The van der Waals surface area contributed by atoms with Crippen LogP contribution in [0.1, 0.15) is 28.4 Å². The van der Waals surface area contributed by atoms with Crippen LogP contribution in [-0.4, -0.2) is 20.2 Å². The Bertz CT molecular complexity index is 446. The molecule has 0 N–H and O–H groups in total. The molecule has 0 atom stereocenters. The summed E-state index contributed by atoms with van der Waals surface area (Å²) < 4.78 is 9.71. The van der Waals surface area contributed by atoms with E-state index in [1.165, 1.54) is 14.2 Å². The lowest BCUT2D eigenvalue weighted by Crippen LogP contribution is -2.08. The van der Waals surface area contributed by atoms with Gasteiger partial charge in [0.05, 0.1) is 19.8 Å². The van der Waals surface area contributed by atoms with Gasteiger partial charge in [-0.1, -0.05) is 13.0 Å². The minimum absolute atomic E-state index is 0.201. The van der Waals surface area contributed by atoms with Crippen molar-refractivity contribution in [3.05, 3.63) is 28.8 Å². The lowest BCUT2D eigenvalue weighted by molar-refractivity contribution is 0.0596. The highest BCUT2D eigenvalue weighted by Crippen LogP contribution is 2.26. The second-order valence-corrected chi connectivity index (χ2v) is 3.13. The van der Waals surface area contributed by atoms with Gasteiger partial charge < -0.3 is 9.47 Å². The third-order valence-corrected chi connectivity index (χ3v) is 2.36. The van der Waals surface area contributed by atoms with Crippen molar-refractivity contribution in [3.63, 3.8) is 0 Å². The van der Waals surface area contributed by atoms with Gasteiger partial charge in [0.2, 0.25) is 0 Å². The summed E-state index contributed by atoms with van der Waals surface area (Å²) in [4.78, 5) is 11.6. The van der Waals surface area contributed by atoms with Crippen molar-refractivity contribution in [1.82, 2.24) is 0 Å². The summed E-state index contributed by atoms with van der Waals surface area (Å²) in [7, 11) is 2.73. The van der Waals surface area contributed by atoms with E-state index in [-0.39, 0.29) is 5.56 Å². The summed E-state index contributed by atoms with van der Waals surface area (Å²) in [5.74, 6) is -0.190. The van der Waals surface area contributed by atoms with Gasteiger partial charge in [-0.2, -0.15) is 5.26 Å². The number of rotatable bonds is 3. The SMILES string of the molecule is CCc1ccc(OC)c(C(=O)OC)c1C#N. The Labute approximate surface area is 94.4 Å². The Balaban J connectivity index is 3.50. The molecule has 0 aliphatic carbocycles. The van der Waals surface area contributed by atoms with Gasteiger partial charge in [0, 0.05) is 0 Å². The molecule has 1 rings (SSSR count). The second kappa shape index (κ2) is 5.17. The van der Waals surface area contributed by atoms with Crippen molar-refractivity contribution in [3.8, 4) is 11.8 Å². The molecule has 0 aromatic heterocycles. The van der Waals surface area contributed by atoms with Gasteiger partial charge in [-0.05, 0) is 18.1 Å². The highest BCUT2D eigenvalue weighted by atomic mass is 16.5. The van der Waals surface area contributed by atoms with Gasteiger partial charge in [0.15, 0.2) is 0 Å². The van der Waals surface area contributed by atoms with E-state index >= 15 is 0 Å². The van der Waals surface area contributed by atoms with Crippen LogP contribution >= 0.6 is 0 Å². The van der Waals surface area contributed by atoms with Crippen molar-refractivity contribution in [1.29, 1.82) is 5.26 Å². The molecular weight excluding hydrogens is 206 g/mol. The Morgan fingerprint density at radius 2 is 2.12 bits per heavy atom. The lowest BCUT2D eigenvalue weighted by Gasteiger charge is -2.11. The van der Waals surface area contributed by atoms with Gasteiger partial charge in [-0.25, -0.2) is 4.79 Å². The fourth-order valence-corrected chi connectivity index (χ4v) is 1.52. The summed E-state index contributed by atoms with van der Waals surface area (Å²) in [5, 5.41) is 9.08. The van der Waals surface area contributed by atoms with Crippen LogP contribution in [0.5, 0.6) is 5.75 Å². The fraction of sp³-hybridized carbons (Fsp3) is 0.333. The maximum absolute atomic E-state index is 11.6. The maximum atomic E-state index is 11.6. The third kappa shape index (κ3) is 1.98. The van der Waals surface area contributed by atoms with E-state index in [9.17, 15) is 4.79 Å². The molecule has 0 saturated carbocycles. The molecule has 0 fully saturated rings. The highest BCUT2D eigenvalue weighted by molar-refractivity contribution is 5.95. The number of esters is 1. The van der Waals surface area contributed by atoms with E-state index in [1.807, 2.05) is 13.0 Å². The Kier molecular flexibility index (Phi) is 3.90. The summed E-state index contributed by atoms with van der Waals surface area (Å²) >= 11 is 0. The van der Waals surface area contributed by atoms with Crippen molar-refractivity contribution < 1.29 is 14.3 Å². The predicted octanol–water partition coefficient (Wildman–Crippen LogP) is 1.92. The first-order valence-corrected chi connectivity index (χ1v) is 4.87. The average molecular weight is 219 g/mol. The quantitative estimate of drug-likeness (QED) is 0.728. The predicted molar refractivity (Wildman–Crippen MR) is 58.4 cm³/mol. The number of nitriles is 1. The summed E-state index contributed by atoms with van der Waals surface area (Å²) in [5.41, 5.74) is 1.34. The van der Waals surface area contributed by atoms with Crippen LogP contribution in [0.15, 0.2) is 12.1 Å². The summed E-state index contributed by atoms with van der Waals surface area (Å²) in [6.45, 7) is 1.92. The molecule has 0 aliphatic heterocycles. The maximum Gasteiger partial charge on any atom is 0.343 e. The van der Waals surface area contributed by atoms with Gasteiger partial charge in [0.25, 0.3) is 0 Å². The lowest BCUT2D eigenvalue weighted by atomic mass is 9.99. The Morgan fingerprint density at radius 1 is 1.44 bits per heavy atom. The zero-order chi connectivity index (χ0) is 12.1. The zero-order valence-electron chi connectivity index (χ0n) is 9.53. The second-order valence-electron chi connectivity index (χ2n) is 3.13. The number of benzene rings is 1. The first-order valence-electron chi connectivity index (χ1n) is 4.87. The molecule has 0 saturated heterocycles. The monoisotopic (exact) mass is 219 g/mol. The molecule has 0 amide bonds. The number of aryl methyl sites for hydroxylation is 1. The number of carbonyl (C=O) groups is 1. The number of hydrogen-bond acceptors (Lipinski definition) is 4. The van der Waals surface area contributed by atoms with Crippen LogP contribution in [-0.2, 0) is 11.2 Å². The molecule has 0 unspecified atom stereocenters. The number of hydrogen-bond donors (Lipinski definition) is 0. The van der Waals surface area contributed by atoms with Crippen LogP contribution in [0.4, 0.5) is 0 Å². The standard InChI is InChI=1S/C12H13NO3/c1-4-8-5-6-10(15-2)11(9(8)7-13)12(14)16-3/h5-6H,4H2,1-3H3. The van der Waals surface area contributed by atoms with E-state index in [0.717, 1.165) is 5.56 Å². The summed E-state index contributed by atoms with van der Waals surface area (Å²) in [6.07, 6.45) is 0.677. The minimum Gasteiger partial charge on any atom is -0.496 e. The molecule has 84 valence electrons. The molecule has 0 aliphatic rings. The molecule has 0 bridgehead atoms. The third-order valence-electron chi connectivity index (χ3n) is 2.36. The van der Waals surface area contributed by atoms with E-state index in [4.69, 9.17) is 10.00 Å². The van der Waals surface area contributed by atoms with Crippen LogP contribution in [0.25, 0.3) is 0 Å². The molecule has 16 heavy (non-hydrogen) atoms. The van der Waals surface area contributed by atoms with Crippen molar-refractivity contribution in [2.45, 2.75) is 13.3 Å². The van der Waals surface area contributed by atoms with Gasteiger partial charge >= 0.3 is 5.97 Å². The first-order chi connectivity index (χ1) is 7.69. The minimum atomic E-state index is -0.552. The van der Waals surface area contributed by atoms with Crippen molar-refractivity contribution >= 4 is 5.97 Å². The number of carbonyl (C=O) groups excluding carboxylic acids is 1.